The number of carbonyl (C=O) groups excluding carboxylic acids is 1. The first-order valence-electron chi connectivity index (χ1n) is 15.6. The lowest BCUT2D eigenvalue weighted by atomic mass is 9.79. The molecule has 0 spiro atoms. The number of carbonyl (C=O) groups is 1. The van der Waals surface area contributed by atoms with Crippen LogP contribution < -0.4 is 10.8 Å². The van der Waals surface area contributed by atoms with E-state index in [4.69, 9.17) is 23.3 Å². The number of benzene rings is 2. The van der Waals surface area contributed by atoms with Crippen molar-refractivity contribution in [2.24, 2.45) is 5.92 Å². The van der Waals surface area contributed by atoms with E-state index >= 15 is 0 Å². The highest BCUT2D eigenvalue weighted by Crippen LogP contribution is 2.39. The fraction of sp³-hybridized carbons (Fsp3) is 0.581. The molecule has 0 aliphatic carbocycles. The molecular weight excluding hydrogens is 650 g/mol. The molecule has 260 valence electrons. The highest BCUT2D eigenvalue weighted by atomic mass is 32.2. The van der Waals surface area contributed by atoms with E-state index in [-0.39, 0.29) is 30.4 Å². The van der Waals surface area contributed by atoms with Gasteiger partial charge in [0, 0.05) is 19.5 Å². The number of ether oxygens (including phenoxy) is 2. The minimum Gasteiger partial charge on any atom is -0.444 e. The molecule has 2 fully saturated rings. The van der Waals surface area contributed by atoms with Gasteiger partial charge in [0.1, 0.15) is 12.2 Å². The number of amides is 1. The fourth-order valence-electron chi connectivity index (χ4n) is 5.30. The minimum atomic E-state index is -5.17. The van der Waals surface area contributed by atoms with E-state index in [1.165, 1.54) is 12.1 Å². The molecule has 3 atom stereocenters. The third kappa shape index (κ3) is 10.1. The third-order valence-corrected chi connectivity index (χ3v) is 10.9. The molecular formula is C31H46BN2O11PS. The fourth-order valence-corrected chi connectivity index (χ4v) is 7.48. The normalized spacial score (nSPS) is 20.8. The van der Waals surface area contributed by atoms with E-state index in [0.29, 0.717) is 18.5 Å². The average Bonchev–Trinajstić information content (AvgIpc) is 3.55. The number of hydrogen-bond donors (Lipinski definition) is 3. The van der Waals surface area contributed by atoms with Gasteiger partial charge in [0.2, 0.25) is 10.0 Å². The first kappa shape index (κ1) is 37.5. The zero-order valence-electron chi connectivity index (χ0n) is 27.7. The Morgan fingerprint density at radius 1 is 1.04 bits per heavy atom. The number of alkyl carbamates (subject to hydrolysis) is 1. The summed E-state index contributed by atoms with van der Waals surface area (Å²) in [6.07, 6.45) is -2.21. The van der Waals surface area contributed by atoms with Crippen LogP contribution in [0.4, 0.5) is 4.79 Å². The van der Waals surface area contributed by atoms with E-state index < -0.39 is 67.1 Å². The van der Waals surface area contributed by atoms with Crippen LogP contribution in [0.15, 0.2) is 59.5 Å². The van der Waals surface area contributed by atoms with Crippen molar-refractivity contribution in [2.45, 2.75) is 88.7 Å². The van der Waals surface area contributed by atoms with Gasteiger partial charge < -0.3 is 33.9 Å². The second kappa shape index (κ2) is 15.1. The maximum atomic E-state index is 14.1. The van der Waals surface area contributed by atoms with Gasteiger partial charge in [-0.25, -0.2) is 17.8 Å². The lowest BCUT2D eigenvalue weighted by Gasteiger charge is -2.33. The lowest BCUT2D eigenvalue weighted by molar-refractivity contribution is 0.00578. The number of nitrogens with zero attached hydrogens (tertiary/aromatic N) is 1. The molecule has 16 heteroatoms. The van der Waals surface area contributed by atoms with Crippen molar-refractivity contribution in [3.05, 3.63) is 60.2 Å². The summed E-state index contributed by atoms with van der Waals surface area (Å²) in [6.45, 7) is 11.5. The largest absolute Gasteiger partial charge is 0.494 e. The minimum absolute atomic E-state index is 0.00421. The Labute approximate surface area is 277 Å². The maximum Gasteiger partial charge on any atom is 0.494 e. The van der Waals surface area contributed by atoms with Crippen LogP contribution in [0.2, 0.25) is 0 Å². The Morgan fingerprint density at radius 3 is 2.19 bits per heavy atom. The van der Waals surface area contributed by atoms with Gasteiger partial charge in [-0.3, -0.25) is 4.52 Å². The molecule has 2 heterocycles. The molecule has 2 aliphatic rings. The first-order chi connectivity index (χ1) is 21.9. The summed E-state index contributed by atoms with van der Waals surface area (Å²) in [5, 5.41) is 2.68. The van der Waals surface area contributed by atoms with E-state index in [9.17, 15) is 27.6 Å². The van der Waals surface area contributed by atoms with Crippen LogP contribution in [0.3, 0.4) is 0 Å². The summed E-state index contributed by atoms with van der Waals surface area (Å²) in [4.78, 5) is 32.8. The predicted molar refractivity (Wildman–Crippen MR) is 175 cm³/mol. The Morgan fingerprint density at radius 2 is 1.66 bits per heavy atom. The van der Waals surface area contributed by atoms with Gasteiger partial charge in [0.15, 0.2) is 0 Å². The second-order valence-electron chi connectivity index (χ2n) is 13.3. The number of hydrogen-bond acceptors (Lipinski definition) is 9. The van der Waals surface area contributed by atoms with Crippen LogP contribution in [0.5, 0.6) is 0 Å². The van der Waals surface area contributed by atoms with Crippen LogP contribution in [0.25, 0.3) is 0 Å². The summed E-state index contributed by atoms with van der Waals surface area (Å²) >= 11 is 0. The van der Waals surface area contributed by atoms with Gasteiger partial charge in [-0.2, -0.15) is 4.31 Å². The van der Waals surface area contributed by atoms with E-state index in [2.05, 4.69) is 5.32 Å². The standard InChI is InChI=1S/C31H46BN2O11PS/c1-22(2)19-34(47(39,40)26-14-12-24(13-15-26)32-44-30(3,4)31(5,6)45-32)20-28(43-46(36,37)38)27(18-23-10-8-7-9-11-23)33-29(35)42-25-16-17-41-21-25/h7-15,22,25,27-28H,16-21H2,1-6H3,(H,33,35)(H2,36,37,38)/t25-,27-,28+/m0/s1. The van der Waals surface area contributed by atoms with Crippen molar-refractivity contribution in [1.29, 1.82) is 0 Å². The molecule has 2 saturated heterocycles. The molecule has 2 aromatic carbocycles. The van der Waals surface area contributed by atoms with Crippen molar-refractivity contribution in [2.75, 3.05) is 26.3 Å². The average molecular weight is 697 g/mol. The first-order valence-corrected chi connectivity index (χ1v) is 18.6. The SMILES string of the molecule is CC(C)CN(C[C@@H](OP(=O)(O)O)[C@H](Cc1ccccc1)NC(=O)O[C@H]1CCOC1)S(=O)(=O)c1ccc(B2OC(C)(C)C(C)(C)O2)cc1. The third-order valence-electron chi connectivity index (χ3n) is 8.48. The molecule has 2 aromatic rings. The quantitative estimate of drug-likeness (QED) is 0.196. The molecule has 47 heavy (non-hydrogen) atoms. The smallest absolute Gasteiger partial charge is 0.444 e. The topological polar surface area (TPSA) is 170 Å². The summed E-state index contributed by atoms with van der Waals surface area (Å²) in [7, 11) is -10.1. The second-order valence-corrected chi connectivity index (χ2v) is 16.5. The molecule has 0 saturated carbocycles. The van der Waals surface area contributed by atoms with Gasteiger partial charge in [-0.1, -0.05) is 56.3 Å². The molecule has 0 aromatic heterocycles. The van der Waals surface area contributed by atoms with Gasteiger partial charge >= 0.3 is 21.0 Å². The van der Waals surface area contributed by atoms with Gasteiger partial charge in [-0.15, -0.1) is 0 Å². The summed E-state index contributed by atoms with van der Waals surface area (Å²) in [6, 6.07) is 14.0. The number of sulfonamides is 1. The van der Waals surface area contributed by atoms with Gasteiger partial charge in [0.05, 0.1) is 35.4 Å². The molecule has 13 nitrogen and oxygen atoms in total. The van der Waals surface area contributed by atoms with Crippen LogP contribution >= 0.6 is 7.82 Å². The van der Waals surface area contributed by atoms with E-state index in [1.807, 2.05) is 41.5 Å². The molecule has 4 rings (SSSR count). The molecule has 1 amide bonds. The van der Waals surface area contributed by atoms with Crippen molar-refractivity contribution in [3.8, 4) is 0 Å². The van der Waals surface area contributed by atoms with Crippen LogP contribution in [-0.4, -0.2) is 91.5 Å². The molecule has 0 bridgehead atoms. The van der Waals surface area contributed by atoms with Crippen molar-refractivity contribution < 1.29 is 50.9 Å². The predicted octanol–water partition coefficient (Wildman–Crippen LogP) is 3.24. The Kier molecular flexibility index (Phi) is 12.0. The number of rotatable bonds is 14. The number of nitrogens with one attached hydrogen (secondary N) is 1. The Bertz CT molecular complexity index is 1480. The number of phosphoric acid groups is 1. The zero-order valence-corrected chi connectivity index (χ0v) is 29.4. The Balaban J connectivity index is 1.63. The van der Waals surface area contributed by atoms with Crippen molar-refractivity contribution >= 4 is 36.5 Å². The highest BCUT2D eigenvalue weighted by Gasteiger charge is 2.51. The van der Waals surface area contributed by atoms with Gasteiger partial charge in [0.25, 0.3) is 0 Å². The molecule has 2 aliphatic heterocycles. The molecule has 3 N–H and O–H groups in total. The van der Waals surface area contributed by atoms with E-state index in [0.717, 1.165) is 9.87 Å². The van der Waals surface area contributed by atoms with Crippen LogP contribution in [0.1, 0.15) is 53.5 Å². The van der Waals surface area contributed by atoms with Gasteiger partial charge in [-0.05, 0) is 63.2 Å². The maximum absolute atomic E-state index is 14.1. The highest BCUT2D eigenvalue weighted by molar-refractivity contribution is 7.89. The molecule has 0 radical (unpaired) electrons. The van der Waals surface area contributed by atoms with Crippen LogP contribution in [0, 0.1) is 5.92 Å². The molecule has 0 unspecified atom stereocenters. The lowest BCUT2D eigenvalue weighted by Crippen LogP contribution is -2.52. The number of phosphoric ester groups is 1. The summed E-state index contributed by atoms with van der Waals surface area (Å²) in [5.41, 5.74) is 0.203. The van der Waals surface area contributed by atoms with Crippen molar-refractivity contribution in [3.63, 3.8) is 0 Å². The Hall–Kier alpha value is -2.33. The zero-order chi connectivity index (χ0) is 34.6. The summed E-state index contributed by atoms with van der Waals surface area (Å²) in [5.74, 6) is -0.169. The van der Waals surface area contributed by atoms with E-state index in [1.54, 1.807) is 42.5 Å². The van der Waals surface area contributed by atoms with Crippen LogP contribution in [-0.2, 0) is 44.3 Å². The van der Waals surface area contributed by atoms with Crippen molar-refractivity contribution in [1.82, 2.24) is 9.62 Å². The summed E-state index contributed by atoms with van der Waals surface area (Å²) < 4.78 is 69.8. The monoisotopic (exact) mass is 696 g/mol.